The van der Waals surface area contributed by atoms with Gasteiger partial charge in [0.1, 0.15) is 0 Å². The van der Waals surface area contributed by atoms with Crippen LogP contribution in [0.15, 0.2) is 4.99 Å². The summed E-state index contributed by atoms with van der Waals surface area (Å²) in [4.78, 5) is 17.9. The molecule has 3 N–H and O–H groups in total. The number of halogens is 1. The Balaban J connectivity index is 0.00000264. The van der Waals surface area contributed by atoms with Crippen molar-refractivity contribution in [3.05, 3.63) is 0 Å². The van der Waals surface area contributed by atoms with Crippen LogP contribution < -0.4 is 11.1 Å². The zero-order valence-electron chi connectivity index (χ0n) is 14.6. The van der Waals surface area contributed by atoms with Gasteiger partial charge in [0.2, 0.25) is 5.91 Å². The normalized spacial score (nSPS) is 28.9. The van der Waals surface area contributed by atoms with Gasteiger partial charge in [-0.3, -0.25) is 9.79 Å². The van der Waals surface area contributed by atoms with Crippen molar-refractivity contribution in [2.24, 2.45) is 28.5 Å². The SMILES string of the molecule is CN=C(NCC1CCCCC1C)N1CCCC(CC(N)=O)C1.I. The van der Waals surface area contributed by atoms with Crippen molar-refractivity contribution in [3.63, 3.8) is 0 Å². The van der Waals surface area contributed by atoms with Crippen LogP contribution in [0.3, 0.4) is 0 Å². The van der Waals surface area contributed by atoms with E-state index in [1.54, 1.807) is 0 Å². The minimum atomic E-state index is -0.189. The van der Waals surface area contributed by atoms with Crippen molar-refractivity contribution in [3.8, 4) is 0 Å². The molecule has 134 valence electrons. The van der Waals surface area contributed by atoms with E-state index < -0.39 is 0 Å². The number of piperidine rings is 1. The van der Waals surface area contributed by atoms with Crippen LogP contribution in [0.25, 0.3) is 0 Å². The van der Waals surface area contributed by atoms with E-state index in [9.17, 15) is 4.79 Å². The first-order valence-electron chi connectivity index (χ1n) is 8.84. The van der Waals surface area contributed by atoms with Gasteiger partial charge in [-0.1, -0.05) is 26.2 Å². The molecular weight excluding hydrogens is 403 g/mol. The second kappa shape index (κ2) is 10.4. The molecule has 2 fully saturated rings. The monoisotopic (exact) mass is 436 g/mol. The summed E-state index contributed by atoms with van der Waals surface area (Å²) >= 11 is 0. The lowest BCUT2D eigenvalue weighted by atomic mass is 9.80. The molecule has 3 unspecified atom stereocenters. The number of primary amides is 1. The molecule has 0 aromatic carbocycles. The van der Waals surface area contributed by atoms with Gasteiger partial charge in [-0.15, -0.1) is 24.0 Å². The fourth-order valence-corrected chi connectivity index (χ4v) is 3.96. The molecule has 0 aromatic rings. The molecule has 1 heterocycles. The number of aliphatic imine (C=N–C) groups is 1. The average molecular weight is 436 g/mol. The molecule has 1 aliphatic carbocycles. The van der Waals surface area contributed by atoms with E-state index in [1.165, 1.54) is 25.7 Å². The highest BCUT2D eigenvalue weighted by Crippen LogP contribution is 2.29. The number of nitrogens with zero attached hydrogens (tertiary/aromatic N) is 2. The number of hydrogen-bond donors (Lipinski definition) is 2. The molecule has 1 aliphatic heterocycles. The van der Waals surface area contributed by atoms with E-state index in [-0.39, 0.29) is 29.9 Å². The van der Waals surface area contributed by atoms with Crippen molar-refractivity contribution in [1.82, 2.24) is 10.2 Å². The Labute approximate surface area is 157 Å². The molecule has 5 nitrogen and oxygen atoms in total. The summed E-state index contributed by atoms with van der Waals surface area (Å²) in [6.07, 6.45) is 8.12. The van der Waals surface area contributed by atoms with Crippen LogP contribution >= 0.6 is 24.0 Å². The van der Waals surface area contributed by atoms with Gasteiger partial charge in [-0.05, 0) is 37.0 Å². The maximum Gasteiger partial charge on any atom is 0.217 e. The third kappa shape index (κ3) is 6.47. The van der Waals surface area contributed by atoms with Gasteiger partial charge in [0.15, 0.2) is 5.96 Å². The van der Waals surface area contributed by atoms with Crippen molar-refractivity contribution in [2.75, 3.05) is 26.7 Å². The molecule has 0 aromatic heterocycles. The number of carbonyl (C=O) groups excluding carboxylic acids is 1. The maximum absolute atomic E-state index is 11.1. The Morgan fingerprint density at radius 3 is 2.65 bits per heavy atom. The van der Waals surface area contributed by atoms with Crippen molar-refractivity contribution >= 4 is 35.8 Å². The molecule has 1 amide bonds. The first-order valence-corrected chi connectivity index (χ1v) is 8.84. The van der Waals surface area contributed by atoms with Crippen molar-refractivity contribution in [1.29, 1.82) is 0 Å². The Morgan fingerprint density at radius 1 is 1.26 bits per heavy atom. The van der Waals surface area contributed by atoms with E-state index >= 15 is 0 Å². The highest BCUT2D eigenvalue weighted by Gasteiger charge is 2.25. The predicted molar refractivity (Wildman–Crippen MR) is 106 cm³/mol. The Morgan fingerprint density at radius 2 is 2.00 bits per heavy atom. The summed E-state index contributed by atoms with van der Waals surface area (Å²) in [5.41, 5.74) is 5.35. The standard InChI is InChI=1S/C17H32N4O.HI/c1-13-6-3-4-8-15(13)11-20-17(19-2)21-9-5-7-14(12-21)10-16(18)22;/h13-15H,3-12H2,1-2H3,(H2,18,22)(H,19,20);1H. The van der Waals surface area contributed by atoms with Crippen molar-refractivity contribution < 1.29 is 4.79 Å². The average Bonchev–Trinajstić information content (AvgIpc) is 2.49. The lowest BCUT2D eigenvalue weighted by Gasteiger charge is -2.36. The van der Waals surface area contributed by atoms with Crippen LogP contribution in [0, 0.1) is 17.8 Å². The number of amides is 1. The molecule has 0 bridgehead atoms. The molecule has 6 heteroatoms. The fraction of sp³-hybridized carbons (Fsp3) is 0.882. The van der Waals surface area contributed by atoms with E-state index in [0.717, 1.165) is 50.3 Å². The van der Waals surface area contributed by atoms with Gasteiger partial charge in [0, 0.05) is 33.1 Å². The number of likely N-dealkylation sites (tertiary alicyclic amines) is 1. The van der Waals surface area contributed by atoms with Gasteiger partial charge in [-0.2, -0.15) is 0 Å². The quantitative estimate of drug-likeness (QED) is 0.404. The van der Waals surface area contributed by atoms with Gasteiger partial charge in [0.25, 0.3) is 0 Å². The van der Waals surface area contributed by atoms with Crippen LogP contribution in [0.5, 0.6) is 0 Å². The van der Waals surface area contributed by atoms with Crippen LogP contribution in [0.1, 0.15) is 51.9 Å². The van der Waals surface area contributed by atoms with E-state index in [1.807, 2.05) is 7.05 Å². The Hall–Kier alpha value is -0.530. The zero-order chi connectivity index (χ0) is 15.9. The second-order valence-electron chi connectivity index (χ2n) is 7.07. The first kappa shape index (κ1) is 20.5. The number of rotatable bonds is 4. The third-order valence-electron chi connectivity index (χ3n) is 5.33. The summed E-state index contributed by atoms with van der Waals surface area (Å²) < 4.78 is 0. The van der Waals surface area contributed by atoms with Gasteiger partial charge in [0.05, 0.1) is 0 Å². The largest absolute Gasteiger partial charge is 0.370 e. The van der Waals surface area contributed by atoms with E-state index in [4.69, 9.17) is 5.73 Å². The topological polar surface area (TPSA) is 70.7 Å². The third-order valence-corrected chi connectivity index (χ3v) is 5.33. The number of carbonyl (C=O) groups is 1. The maximum atomic E-state index is 11.1. The van der Waals surface area contributed by atoms with Crippen molar-refractivity contribution in [2.45, 2.75) is 51.9 Å². The summed E-state index contributed by atoms with van der Waals surface area (Å²) in [6, 6.07) is 0. The summed E-state index contributed by atoms with van der Waals surface area (Å²) in [7, 11) is 1.85. The molecular formula is C17H33IN4O. The zero-order valence-corrected chi connectivity index (χ0v) is 16.9. The van der Waals surface area contributed by atoms with Crippen LogP contribution in [0.4, 0.5) is 0 Å². The van der Waals surface area contributed by atoms with Gasteiger partial charge in [-0.25, -0.2) is 0 Å². The lowest BCUT2D eigenvalue weighted by molar-refractivity contribution is -0.119. The van der Waals surface area contributed by atoms with Crippen LogP contribution in [0.2, 0.25) is 0 Å². The molecule has 2 rings (SSSR count). The Kier molecular flexibility index (Phi) is 9.24. The van der Waals surface area contributed by atoms with Crippen LogP contribution in [-0.2, 0) is 4.79 Å². The highest BCUT2D eigenvalue weighted by molar-refractivity contribution is 14.0. The molecule has 2 aliphatic rings. The highest BCUT2D eigenvalue weighted by atomic mass is 127. The molecule has 3 atom stereocenters. The molecule has 0 spiro atoms. The number of guanidine groups is 1. The molecule has 1 saturated carbocycles. The number of nitrogens with one attached hydrogen (secondary N) is 1. The minimum Gasteiger partial charge on any atom is -0.370 e. The first-order chi connectivity index (χ1) is 10.6. The predicted octanol–water partition coefficient (Wildman–Crippen LogP) is 2.59. The van der Waals surface area contributed by atoms with E-state index in [0.29, 0.717) is 12.3 Å². The van der Waals surface area contributed by atoms with Gasteiger partial charge < -0.3 is 16.0 Å². The lowest BCUT2D eigenvalue weighted by Crippen LogP contribution is -2.48. The Bertz CT molecular complexity index is 402. The van der Waals surface area contributed by atoms with E-state index in [2.05, 4.69) is 22.1 Å². The summed E-state index contributed by atoms with van der Waals surface area (Å²) in [6.45, 7) is 5.31. The minimum absolute atomic E-state index is 0. The van der Waals surface area contributed by atoms with Gasteiger partial charge >= 0.3 is 0 Å². The molecule has 0 radical (unpaired) electrons. The molecule has 1 saturated heterocycles. The summed E-state index contributed by atoms with van der Waals surface area (Å²) in [5, 5.41) is 3.57. The number of nitrogens with two attached hydrogens (primary N) is 1. The summed E-state index contributed by atoms with van der Waals surface area (Å²) in [5.74, 6) is 2.75. The van der Waals surface area contributed by atoms with Crippen LogP contribution in [-0.4, -0.2) is 43.4 Å². The fourth-order valence-electron chi connectivity index (χ4n) is 3.96. The number of hydrogen-bond acceptors (Lipinski definition) is 2. The molecule has 23 heavy (non-hydrogen) atoms. The second-order valence-corrected chi connectivity index (χ2v) is 7.07. The smallest absolute Gasteiger partial charge is 0.217 e.